The van der Waals surface area contributed by atoms with E-state index in [1.165, 1.54) is 5.56 Å². The Bertz CT molecular complexity index is 379. The molecule has 86 valence electrons. The molecule has 0 aliphatic carbocycles. The van der Waals surface area contributed by atoms with Gasteiger partial charge in [-0.3, -0.25) is 5.32 Å². The molecule has 0 fully saturated rings. The maximum atomic E-state index is 6.06. The molecule has 1 aromatic rings. The SMILES string of the molecule is C#CC(CCC)NCc1ccc(C)c(Cl)c1. The van der Waals surface area contributed by atoms with Crippen LogP contribution < -0.4 is 5.32 Å². The highest BCUT2D eigenvalue weighted by molar-refractivity contribution is 6.31. The zero-order valence-corrected chi connectivity index (χ0v) is 10.6. The van der Waals surface area contributed by atoms with E-state index in [0.29, 0.717) is 0 Å². The van der Waals surface area contributed by atoms with E-state index in [0.717, 1.165) is 30.0 Å². The van der Waals surface area contributed by atoms with Crippen LogP contribution in [0.15, 0.2) is 18.2 Å². The second-order valence-corrected chi connectivity index (χ2v) is 4.38. The Hall–Kier alpha value is -0.970. The molecule has 1 N–H and O–H groups in total. The van der Waals surface area contributed by atoms with Gasteiger partial charge in [0.25, 0.3) is 0 Å². The average Bonchev–Trinajstić information content (AvgIpc) is 2.28. The molecule has 0 spiro atoms. The van der Waals surface area contributed by atoms with Crippen molar-refractivity contribution in [1.82, 2.24) is 5.32 Å². The molecule has 1 nitrogen and oxygen atoms in total. The number of nitrogens with one attached hydrogen (secondary N) is 1. The van der Waals surface area contributed by atoms with Crippen LogP contribution in [0.1, 0.15) is 30.9 Å². The summed E-state index contributed by atoms with van der Waals surface area (Å²) in [6.45, 7) is 4.91. The van der Waals surface area contributed by atoms with Crippen molar-refractivity contribution in [3.8, 4) is 12.3 Å². The molecule has 1 atom stereocenters. The first kappa shape index (κ1) is 13.1. The molecule has 2 heteroatoms. The Morgan fingerprint density at radius 2 is 2.25 bits per heavy atom. The summed E-state index contributed by atoms with van der Waals surface area (Å²) >= 11 is 6.06. The molecule has 0 bridgehead atoms. The molecule has 16 heavy (non-hydrogen) atoms. The average molecular weight is 236 g/mol. The van der Waals surface area contributed by atoms with Crippen LogP contribution >= 0.6 is 11.6 Å². The van der Waals surface area contributed by atoms with E-state index in [1.807, 2.05) is 19.1 Å². The number of terminal acetylenes is 1. The minimum Gasteiger partial charge on any atom is -0.300 e. The molecular weight excluding hydrogens is 218 g/mol. The van der Waals surface area contributed by atoms with Gasteiger partial charge in [-0.15, -0.1) is 6.42 Å². The van der Waals surface area contributed by atoms with Crippen molar-refractivity contribution < 1.29 is 0 Å². The number of hydrogen-bond donors (Lipinski definition) is 1. The zero-order chi connectivity index (χ0) is 12.0. The van der Waals surface area contributed by atoms with Crippen LogP contribution in [-0.2, 0) is 6.54 Å². The summed E-state index contributed by atoms with van der Waals surface area (Å²) in [6.07, 6.45) is 7.54. The second kappa shape index (κ2) is 6.58. The first-order chi connectivity index (χ1) is 7.67. The summed E-state index contributed by atoms with van der Waals surface area (Å²) in [4.78, 5) is 0. The van der Waals surface area contributed by atoms with Gasteiger partial charge in [-0.2, -0.15) is 0 Å². The molecule has 1 rings (SSSR count). The van der Waals surface area contributed by atoms with E-state index in [1.54, 1.807) is 0 Å². The number of benzene rings is 1. The van der Waals surface area contributed by atoms with Crippen molar-refractivity contribution in [2.45, 2.75) is 39.3 Å². The predicted octanol–water partition coefficient (Wildman–Crippen LogP) is 3.54. The van der Waals surface area contributed by atoms with Gasteiger partial charge in [-0.1, -0.05) is 43.0 Å². The van der Waals surface area contributed by atoms with Crippen molar-refractivity contribution in [3.05, 3.63) is 34.3 Å². The quantitative estimate of drug-likeness (QED) is 0.770. The fraction of sp³-hybridized carbons (Fsp3) is 0.429. The lowest BCUT2D eigenvalue weighted by atomic mass is 10.1. The third-order valence-corrected chi connectivity index (χ3v) is 2.97. The summed E-state index contributed by atoms with van der Waals surface area (Å²) in [5, 5.41) is 4.15. The van der Waals surface area contributed by atoms with Crippen LogP contribution in [0.4, 0.5) is 0 Å². The fourth-order valence-corrected chi connectivity index (χ4v) is 1.72. The van der Waals surface area contributed by atoms with Crippen molar-refractivity contribution in [1.29, 1.82) is 0 Å². The van der Waals surface area contributed by atoms with Crippen LogP contribution in [-0.4, -0.2) is 6.04 Å². The van der Waals surface area contributed by atoms with Crippen LogP contribution in [0.2, 0.25) is 5.02 Å². The first-order valence-electron chi connectivity index (χ1n) is 5.62. The van der Waals surface area contributed by atoms with Crippen LogP contribution in [0.5, 0.6) is 0 Å². The molecule has 0 aromatic heterocycles. The Labute approximate surface area is 103 Å². The van der Waals surface area contributed by atoms with Gasteiger partial charge in [0.05, 0.1) is 6.04 Å². The van der Waals surface area contributed by atoms with Crippen molar-refractivity contribution >= 4 is 11.6 Å². The van der Waals surface area contributed by atoms with Gasteiger partial charge >= 0.3 is 0 Å². The molecule has 0 saturated carbocycles. The summed E-state index contributed by atoms with van der Waals surface area (Å²) < 4.78 is 0. The molecule has 0 aliphatic rings. The molecule has 0 amide bonds. The van der Waals surface area contributed by atoms with Gasteiger partial charge in [0, 0.05) is 11.6 Å². The first-order valence-corrected chi connectivity index (χ1v) is 5.99. The largest absolute Gasteiger partial charge is 0.300 e. The summed E-state index contributed by atoms with van der Waals surface area (Å²) in [5.74, 6) is 2.76. The summed E-state index contributed by atoms with van der Waals surface area (Å²) in [5.41, 5.74) is 2.28. The van der Waals surface area contributed by atoms with E-state index in [4.69, 9.17) is 18.0 Å². The number of aryl methyl sites for hydroxylation is 1. The third-order valence-electron chi connectivity index (χ3n) is 2.57. The fourth-order valence-electron chi connectivity index (χ4n) is 1.52. The Morgan fingerprint density at radius 3 is 2.81 bits per heavy atom. The third kappa shape index (κ3) is 3.89. The van der Waals surface area contributed by atoms with Crippen molar-refractivity contribution in [2.24, 2.45) is 0 Å². The van der Waals surface area contributed by atoms with Gasteiger partial charge in [-0.25, -0.2) is 0 Å². The van der Waals surface area contributed by atoms with Gasteiger partial charge in [-0.05, 0) is 30.5 Å². The summed E-state index contributed by atoms with van der Waals surface area (Å²) in [6, 6.07) is 6.26. The minimum absolute atomic E-state index is 0.157. The van der Waals surface area contributed by atoms with Gasteiger partial charge < -0.3 is 0 Å². The maximum absolute atomic E-state index is 6.06. The number of rotatable bonds is 5. The standard InChI is InChI=1S/C14H18ClN/c1-4-6-13(5-2)16-10-12-8-7-11(3)14(15)9-12/h2,7-9,13,16H,4,6,10H2,1,3H3. The minimum atomic E-state index is 0.157. The lowest BCUT2D eigenvalue weighted by molar-refractivity contribution is 0.563. The summed E-state index contributed by atoms with van der Waals surface area (Å²) in [7, 11) is 0. The highest BCUT2D eigenvalue weighted by Gasteiger charge is 2.03. The monoisotopic (exact) mass is 235 g/mol. The normalized spacial score (nSPS) is 12.1. The van der Waals surface area contributed by atoms with E-state index in [9.17, 15) is 0 Å². The molecule has 1 aromatic carbocycles. The highest BCUT2D eigenvalue weighted by Crippen LogP contribution is 2.16. The van der Waals surface area contributed by atoms with Crippen LogP contribution in [0.3, 0.4) is 0 Å². The molecule has 0 heterocycles. The Kier molecular flexibility index (Phi) is 5.38. The number of hydrogen-bond acceptors (Lipinski definition) is 1. The Balaban J connectivity index is 2.54. The Morgan fingerprint density at radius 1 is 1.50 bits per heavy atom. The van der Waals surface area contributed by atoms with E-state index < -0.39 is 0 Å². The topological polar surface area (TPSA) is 12.0 Å². The van der Waals surface area contributed by atoms with E-state index in [2.05, 4.69) is 24.2 Å². The van der Waals surface area contributed by atoms with Crippen molar-refractivity contribution in [3.63, 3.8) is 0 Å². The second-order valence-electron chi connectivity index (χ2n) is 3.97. The molecule has 1 unspecified atom stereocenters. The lowest BCUT2D eigenvalue weighted by Crippen LogP contribution is -2.26. The van der Waals surface area contributed by atoms with Crippen LogP contribution in [0, 0.1) is 19.3 Å². The zero-order valence-electron chi connectivity index (χ0n) is 9.89. The molecule has 0 radical (unpaired) electrons. The molecular formula is C14H18ClN. The molecule has 0 saturated heterocycles. The van der Waals surface area contributed by atoms with E-state index in [-0.39, 0.29) is 6.04 Å². The van der Waals surface area contributed by atoms with Crippen LogP contribution in [0.25, 0.3) is 0 Å². The molecule has 0 aliphatic heterocycles. The van der Waals surface area contributed by atoms with Gasteiger partial charge in [0.15, 0.2) is 0 Å². The highest BCUT2D eigenvalue weighted by atomic mass is 35.5. The van der Waals surface area contributed by atoms with Gasteiger partial charge in [0.2, 0.25) is 0 Å². The number of halogens is 1. The van der Waals surface area contributed by atoms with Crippen molar-refractivity contribution in [2.75, 3.05) is 0 Å². The maximum Gasteiger partial charge on any atom is 0.0689 e. The smallest absolute Gasteiger partial charge is 0.0689 e. The van der Waals surface area contributed by atoms with E-state index >= 15 is 0 Å². The lowest BCUT2D eigenvalue weighted by Gasteiger charge is -2.12. The predicted molar refractivity (Wildman–Crippen MR) is 70.6 cm³/mol. The van der Waals surface area contributed by atoms with Gasteiger partial charge in [0.1, 0.15) is 0 Å².